The maximum atomic E-state index is 11.1. The molecule has 1 rings (SSSR count). The number of guanidine groups is 1. The van der Waals surface area contributed by atoms with Crippen LogP contribution in [0.4, 0.5) is 0 Å². The van der Waals surface area contributed by atoms with Crippen LogP contribution >= 0.6 is 15.9 Å². The number of hydrogen-bond donors (Lipinski definition) is 1. The van der Waals surface area contributed by atoms with Crippen molar-refractivity contribution >= 4 is 31.7 Å². The van der Waals surface area contributed by atoms with Gasteiger partial charge in [-0.2, -0.15) is 0 Å². The number of nitrogens with one attached hydrogen (secondary N) is 1. The Morgan fingerprint density at radius 2 is 2.18 bits per heavy atom. The van der Waals surface area contributed by atoms with Crippen molar-refractivity contribution < 1.29 is 8.42 Å². The van der Waals surface area contributed by atoms with Gasteiger partial charge in [-0.15, -0.1) is 0 Å². The lowest BCUT2D eigenvalue weighted by atomic mass is 10.4. The molecule has 6 nitrogen and oxygen atoms in total. The Hall–Kier alpha value is -1.02. The zero-order valence-corrected chi connectivity index (χ0v) is 16.0. The third kappa shape index (κ3) is 6.83. The molecule has 0 saturated heterocycles. The van der Waals surface area contributed by atoms with Gasteiger partial charge in [0.2, 0.25) is 0 Å². The summed E-state index contributed by atoms with van der Waals surface area (Å²) in [5, 5.41) is 3.23. The van der Waals surface area contributed by atoms with Gasteiger partial charge in [-0.25, -0.2) is 8.42 Å². The zero-order chi connectivity index (χ0) is 16.8. The highest BCUT2D eigenvalue weighted by Crippen LogP contribution is 2.14. The number of aliphatic imine (C=N–C) groups is 1. The van der Waals surface area contributed by atoms with Crippen molar-refractivity contribution in [1.82, 2.24) is 14.8 Å². The molecule has 1 heterocycles. The molecule has 0 radical (unpaired) electrons. The molecule has 22 heavy (non-hydrogen) atoms. The molecule has 0 bridgehead atoms. The molecule has 0 aliphatic heterocycles. The predicted molar refractivity (Wildman–Crippen MR) is 94.9 cm³/mol. The number of hydrogen-bond acceptors (Lipinski definition) is 3. The average molecular weight is 393 g/mol. The minimum atomic E-state index is -2.92. The Morgan fingerprint density at radius 3 is 2.68 bits per heavy atom. The van der Waals surface area contributed by atoms with E-state index in [0.29, 0.717) is 13.0 Å². The summed E-state index contributed by atoms with van der Waals surface area (Å²) < 4.78 is 25.4. The second-order valence-corrected chi connectivity index (χ2v) is 8.51. The maximum absolute atomic E-state index is 11.1. The maximum Gasteiger partial charge on any atom is 0.194 e. The Balaban J connectivity index is 2.66. The Morgan fingerprint density at radius 1 is 1.50 bits per heavy atom. The Bertz CT molecular complexity index is 610. The molecule has 0 unspecified atom stereocenters. The normalized spacial score (nSPS) is 12.5. The largest absolute Gasteiger partial charge is 0.357 e. The first-order valence-electron chi connectivity index (χ1n) is 7.21. The number of halogens is 1. The van der Waals surface area contributed by atoms with Crippen molar-refractivity contribution in [3.8, 4) is 0 Å². The van der Waals surface area contributed by atoms with Crippen LogP contribution in [0.2, 0.25) is 0 Å². The van der Waals surface area contributed by atoms with Gasteiger partial charge < -0.3 is 14.8 Å². The molecule has 0 atom stereocenters. The lowest BCUT2D eigenvalue weighted by Gasteiger charge is -2.22. The van der Waals surface area contributed by atoms with Crippen LogP contribution in [0, 0.1) is 0 Å². The van der Waals surface area contributed by atoms with E-state index in [1.165, 1.54) is 6.26 Å². The van der Waals surface area contributed by atoms with Gasteiger partial charge in [-0.1, -0.05) is 0 Å². The van der Waals surface area contributed by atoms with Crippen molar-refractivity contribution in [3.05, 3.63) is 22.4 Å². The van der Waals surface area contributed by atoms with E-state index in [1.807, 2.05) is 32.1 Å². The van der Waals surface area contributed by atoms with Crippen LogP contribution in [-0.2, 0) is 23.4 Å². The molecule has 0 fully saturated rings. The van der Waals surface area contributed by atoms with Crippen molar-refractivity contribution in [1.29, 1.82) is 0 Å². The molecule has 0 amide bonds. The van der Waals surface area contributed by atoms with Crippen molar-refractivity contribution in [2.75, 3.05) is 32.1 Å². The van der Waals surface area contributed by atoms with Crippen LogP contribution in [0.5, 0.6) is 0 Å². The summed E-state index contributed by atoms with van der Waals surface area (Å²) in [5.41, 5.74) is 1.16. The second-order valence-electron chi connectivity index (χ2n) is 5.34. The molecular formula is C14H25BrN4O2S. The van der Waals surface area contributed by atoms with Crippen LogP contribution < -0.4 is 5.32 Å². The molecule has 126 valence electrons. The third-order valence-electron chi connectivity index (χ3n) is 3.10. The topological polar surface area (TPSA) is 66.7 Å². The number of sulfone groups is 1. The first kappa shape index (κ1) is 19.0. The van der Waals surface area contributed by atoms with E-state index < -0.39 is 9.84 Å². The minimum absolute atomic E-state index is 0.171. The molecule has 0 aliphatic rings. The first-order chi connectivity index (χ1) is 10.2. The van der Waals surface area contributed by atoms with Gasteiger partial charge >= 0.3 is 0 Å². The van der Waals surface area contributed by atoms with Crippen LogP contribution in [0.3, 0.4) is 0 Å². The van der Waals surface area contributed by atoms with Crippen molar-refractivity contribution in [2.45, 2.75) is 19.9 Å². The molecule has 1 N–H and O–H groups in total. The summed E-state index contributed by atoms with van der Waals surface area (Å²) in [7, 11) is 1.06. The number of aryl methyl sites for hydroxylation is 1. The molecule has 1 aromatic heterocycles. The fourth-order valence-corrected chi connectivity index (χ4v) is 3.25. The summed E-state index contributed by atoms with van der Waals surface area (Å²) in [6, 6.07) is 2.07. The van der Waals surface area contributed by atoms with Crippen LogP contribution in [0.25, 0.3) is 0 Å². The Kier molecular flexibility index (Phi) is 7.41. The number of aromatic nitrogens is 1. The van der Waals surface area contributed by atoms with Crippen LogP contribution in [-0.4, -0.2) is 56.0 Å². The summed E-state index contributed by atoms with van der Waals surface area (Å²) in [5.74, 6) is 0.956. The standard InChI is InChI=1S/C14H25BrN4O2S/c1-5-16-14(17-7-6-8-22(4,20)21)19(3)11-13-9-12(15)10-18(13)2/h9-10H,5-8,11H2,1-4H3,(H,16,17). The second kappa shape index (κ2) is 8.57. The van der Waals surface area contributed by atoms with Crippen molar-refractivity contribution in [3.63, 3.8) is 0 Å². The van der Waals surface area contributed by atoms with Crippen molar-refractivity contribution in [2.24, 2.45) is 12.0 Å². The van der Waals surface area contributed by atoms with Gasteiger partial charge in [0.25, 0.3) is 0 Å². The first-order valence-corrected chi connectivity index (χ1v) is 10.1. The Labute approximate surface area is 141 Å². The number of nitrogens with zero attached hydrogens (tertiary/aromatic N) is 3. The van der Waals surface area contributed by atoms with Gasteiger partial charge in [0, 0.05) is 49.8 Å². The smallest absolute Gasteiger partial charge is 0.194 e. The van der Waals surface area contributed by atoms with E-state index >= 15 is 0 Å². The lowest BCUT2D eigenvalue weighted by Crippen LogP contribution is -2.39. The molecule has 8 heteroatoms. The van der Waals surface area contributed by atoms with E-state index in [9.17, 15) is 8.42 Å². The number of rotatable bonds is 7. The highest BCUT2D eigenvalue weighted by Gasteiger charge is 2.09. The van der Waals surface area contributed by atoms with Gasteiger partial charge in [0.05, 0.1) is 12.3 Å². The van der Waals surface area contributed by atoms with Gasteiger partial charge in [0.1, 0.15) is 9.84 Å². The molecular weight excluding hydrogens is 368 g/mol. The van der Waals surface area contributed by atoms with Gasteiger partial charge in [-0.05, 0) is 35.3 Å². The van der Waals surface area contributed by atoms with E-state index in [1.54, 1.807) is 0 Å². The van der Waals surface area contributed by atoms with Crippen LogP contribution in [0.15, 0.2) is 21.7 Å². The van der Waals surface area contributed by atoms with E-state index in [4.69, 9.17) is 0 Å². The van der Waals surface area contributed by atoms with Gasteiger partial charge in [-0.3, -0.25) is 4.99 Å². The monoisotopic (exact) mass is 392 g/mol. The average Bonchev–Trinajstić information content (AvgIpc) is 2.70. The third-order valence-corrected chi connectivity index (χ3v) is 4.57. The summed E-state index contributed by atoms with van der Waals surface area (Å²) in [6.07, 6.45) is 3.80. The fraction of sp³-hybridized carbons (Fsp3) is 0.643. The highest BCUT2D eigenvalue weighted by atomic mass is 79.9. The minimum Gasteiger partial charge on any atom is -0.357 e. The lowest BCUT2D eigenvalue weighted by molar-refractivity contribution is 0.462. The zero-order valence-electron chi connectivity index (χ0n) is 13.6. The molecule has 1 aromatic rings. The van der Waals surface area contributed by atoms with Crippen LogP contribution in [0.1, 0.15) is 19.0 Å². The van der Waals surface area contributed by atoms with Gasteiger partial charge in [0.15, 0.2) is 5.96 Å². The van der Waals surface area contributed by atoms with E-state index in [0.717, 1.165) is 29.2 Å². The summed E-state index contributed by atoms with van der Waals surface area (Å²) >= 11 is 3.47. The molecule has 0 aromatic carbocycles. The molecule has 0 saturated carbocycles. The molecule has 0 aliphatic carbocycles. The fourth-order valence-electron chi connectivity index (χ4n) is 2.02. The highest BCUT2D eigenvalue weighted by molar-refractivity contribution is 9.10. The predicted octanol–water partition coefficient (Wildman–Crippen LogP) is 1.62. The quantitative estimate of drug-likeness (QED) is 0.434. The summed E-state index contributed by atoms with van der Waals surface area (Å²) in [4.78, 5) is 6.53. The SMILES string of the molecule is CCNC(=NCCCS(C)(=O)=O)N(C)Cc1cc(Br)cn1C. The van der Waals surface area contributed by atoms with E-state index in [-0.39, 0.29) is 5.75 Å². The van der Waals surface area contributed by atoms with E-state index in [2.05, 4.69) is 36.9 Å². The molecule has 0 spiro atoms. The summed E-state index contributed by atoms with van der Waals surface area (Å²) in [6.45, 7) is 4.00.